The highest BCUT2D eigenvalue weighted by Gasteiger charge is 2.22. The number of amides is 3. The average molecular weight is 423 g/mol. The highest BCUT2D eigenvalue weighted by Crippen LogP contribution is 2.47. The van der Waals surface area contributed by atoms with Gasteiger partial charge in [-0.1, -0.05) is 0 Å². The van der Waals surface area contributed by atoms with Crippen LogP contribution in [0.4, 0.5) is 0 Å². The van der Waals surface area contributed by atoms with Gasteiger partial charge in [0.2, 0.25) is 17.7 Å². The summed E-state index contributed by atoms with van der Waals surface area (Å²) < 4.78 is 26.1. The molecule has 0 aromatic rings. The summed E-state index contributed by atoms with van der Waals surface area (Å²) in [6.45, 7) is 4.07. The van der Waals surface area contributed by atoms with Gasteiger partial charge in [-0.25, -0.2) is 4.57 Å². The molecule has 0 saturated carbocycles. The van der Waals surface area contributed by atoms with Crippen molar-refractivity contribution in [2.24, 2.45) is 0 Å². The SMILES string of the molecule is COP(=O)(OC)OCCCCCNC(=O)C(CCCCNC(C)=O)NC(C)=O. The van der Waals surface area contributed by atoms with Gasteiger partial charge in [-0.15, -0.1) is 0 Å². The van der Waals surface area contributed by atoms with E-state index in [2.05, 4.69) is 25.0 Å². The van der Waals surface area contributed by atoms with Gasteiger partial charge in [-0.2, -0.15) is 0 Å². The Morgan fingerprint density at radius 1 is 0.857 bits per heavy atom. The zero-order valence-electron chi connectivity index (χ0n) is 17.2. The van der Waals surface area contributed by atoms with E-state index >= 15 is 0 Å². The van der Waals surface area contributed by atoms with Crippen molar-refractivity contribution in [1.29, 1.82) is 0 Å². The second kappa shape index (κ2) is 15.4. The Kier molecular flexibility index (Phi) is 14.6. The van der Waals surface area contributed by atoms with Crippen LogP contribution in [0.2, 0.25) is 0 Å². The molecule has 1 unspecified atom stereocenters. The van der Waals surface area contributed by atoms with E-state index in [0.717, 1.165) is 12.8 Å². The summed E-state index contributed by atoms with van der Waals surface area (Å²) in [6, 6.07) is -0.590. The first kappa shape index (κ1) is 26.5. The lowest BCUT2D eigenvalue weighted by atomic mass is 10.1. The number of phosphoric ester groups is 1. The summed E-state index contributed by atoms with van der Waals surface area (Å²) in [5.74, 6) is -0.581. The molecule has 0 aromatic carbocycles. The predicted molar refractivity (Wildman–Crippen MR) is 105 cm³/mol. The number of carbonyl (C=O) groups excluding carboxylic acids is 3. The van der Waals surface area contributed by atoms with Crippen LogP contribution < -0.4 is 16.0 Å². The number of nitrogens with one attached hydrogen (secondary N) is 3. The fourth-order valence-corrected chi connectivity index (χ4v) is 3.06. The van der Waals surface area contributed by atoms with Crippen molar-refractivity contribution in [2.45, 2.75) is 58.4 Å². The molecule has 1 atom stereocenters. The molecule has 11 heteroatoms. The second-order valence-electron chi connectivity index (χ2n) is 6.23. The van der Waals surface area contributed by atoms with Crippen LogP contribution in [0.3, 0.4) is 0 Å². The van der Waals surface area contributed by atoms with Crippen LogP contribution in [-0.4, -0.2) is 57.7 Å². The van der Waals surface area contributed by atoms with Crippen molar-refractivity contribution in [3.05, 3.63) is 0 Å². The minimum Gasteiger partial charge on any atom is -0.356 e. The maximum Gasteiger partial charge on any atom is 0.474 e. The molecule has 0 aliphatic rings. The van der Waals surface area contributed by atoms with Crippen molar-refractivity contribution >= 4 is 25.5 Å². The normalized spacial score (nSPS) is 12.3. The summed E-state index contributed by atoms with van der Waals surface area (Å²) in [5.41, 5.74) is 0. The van der Waals surface area contributed by atoms with E-state index in [4.69, 9.17) is 4.52 Å². The van der Waals surface area contributed by atoms with Crippen LogP contribution in [0, 0.1) is 0 Å². The zero-order chi connectivity index (χ0) is 21.4. The maximum atomic E-state index is 12.3. The highest BCUT2D eigenvalue weighted by atomic mass is 31.2. The molecule has 28 heavy (non-hydrogen) atoms. The number of carbonyl (C=O) groups is 3. The van der Waals surface area contributed by atoms with Gasteiger partial charge >= 0.3 is 7.82 Å². The maximum absolute atomic E-state index is 12.3. The molecule has 0 rings (SSSR count). The van der Waals surface area contributed by atoms with Gasteiger partial charge in [0.25, 0.3) is 0 Å². The van der Waals surface area contributed by atoms with Crippen molar-refractivity contribution in [1.82, 2.24) is 16.0 Å². The molecule has 0 fully saturated rings. The van der Waals surface area contributed by atoms with E-state index < -0.39 is 13.9 Å². The Morgan fingerprint density at radius 2 is 1.46 bits per heavy atom. The fourth-order valence-electron chi connectivity index (χ4n) is 2.35. The monoisotopic (exact) mass is 423 g/mol. The second-order valence-corrected chi connectivity index (χ2v) is 8.11. The topological polar surface area (TPSA) is 132 Å². The summed E-state index contributed by atoms with van der Waals surface area (Å²) >= 11 is 0. The Morgan fingerprint density at radius 3 is 2.04 bits per heavy atom. The van der Waals surface area contributed by atoms with Crippen LogP contribution in [0.25, 0.3) is 0 Å². The molecular weight excluding hydrogens is 389 g/mol. The van der Waals surface area contributed by atoms with E-state index in [1.54, 1.807) is 0 Å². The van der Waals surface area contributed by atoms with Gasteiger partial charge < -0.3 is 16.0 Å². The minimum absolute atomic E-state index is 0.0891. The number of hydrogen-bond acceptors (Lipinski definition) is 7. The van der Waals surface area contributed by atoms with E-state index in [0.29, 0.717) is 38.8 Å². The van der Waals surface area contributed by atoms with Crippen LogP contribution in [-0.2, 0) is 32.5 Å². The van der Waals surface area contributed by atoms with Gasteiger partial charge in [0.1, 0.15) is 6.04 Å². The highest BCUT2D eigenvalue weighted by molar-refractivity contribution is 7.48. The lowest BCUT2D eigenvalue weighted by molar-refractivity contribution is -0.128. The average Bonchev–Trinajstić information content (AvgIpc) is 2.65. The fraction of sp³-hybridized carbons (Fsp3) is 0.824. The molecule has 0 aliphatic carbocycles. The quantitative estimate of drug-likeness (QED) is 0.253. The molecule has 0 saturated heterocycles. The number of hydrogen-bond donors (Lipinski definition) is 3. The molecule has 10 nitrogen and oxygen atoms in total. The minimum atomic E-state index is -3.43. The van der Waals surface area contributed by atoms with E-state index in [1.807, 2.05) is 0 Å². The van der Waals surface area contributed by atoms with Crippen LogP contribution in [0.5, 0.6) is 0 Å². The van der Waals surface area contributed by atoms with Crippen molar-refractivity contribution in [2.75, 3.05) is 33.9 Å². The van der Waals surface area contributed by atoms with E-state index in [9.17, 15) is 18.9 Å². The van der Waals surface area contributed by atoms with Crippen LogP contribution >= 0.6 is 7.82 Å². The summed E-state index contributed by atoms with van der Waals surface area (Å²) in [4.78, 5) is 34.4. The number of rotatable bonds is 16. The number of phosphoric acid groups is 1. The van der Waals surface area contributed by atoms with Crippen molar-refractivity contribution < 1.29 is 32.5 Å². The Labute approximate surface area is 167 Å². The van der Waals surface area contributed by atoms with E-state index in [-0.39, 0.29) is 24.3 Å². The Hall–Kier alpha value is -1.48. The lowest BCUT2D eigenvalue weighted by Crippen LogP contribution is -2.46. The number of unbranched alkanes of at least 4 members (excludes halogenated alkanes) is 3. The molecule has 0 spiro atoms. The molecule has 0 heterocycles. The third kappa shape index (κ3) is 13.7. The molecule has 0 radical (unpaired) electrons. The van der Waals surface area contributed by atoms with Crippen molar-refractivity contribution in [3.8, 4) is 0 Å². The smallest absolute Gasteiger partial charge is 0.356 e. The van der Waals surface area contributed by atoms with Gasteiger partial charge in [0.05, 0.1) is 6.61 Å². The molecular formula is C17H34N3O7P. The predicted octanol–water partition coefficient (Wildman–Crippen LogP) is 1.50. The van der Waals surface area contributed by atoms with Crippen molar-refractivity contribution in [3.63, 3.8) is 0 Å². The zero-order valence-corrected chi connectivity index (χ0v) is 18.1. The van der Waals surface area contributed by atoms with Gasteiger partial charge in [-0.05, 0) is 38.5 Å². The van der Waals surface area contributed by atoms with Crippen LogP contribution in [0.1, 0.15) is 52.4 Å². The molecule has 0 bridgehead atoms. The first-order chi connectivity index (χ1) is 13.2. The third-order valence-electron chi connectivity index (χ3n) is 3.80. The van der Waals surface area contributed by atoms with Gasteiger partial charge in [-0.3, -0.25) is 28.0 Å². The molecule has 0 aromatic heterocycles. The Balaban J connectivity index is 4.02. The third-order valence-corrected chi connectivity index (χ3v) is 5.20. The summed E-state index contributed by atoms with van der Waals surface area (Å²) in [5, 5.41) is 8.16. The van der Waals surface area contributed by atoms with Crippen LogP contribution in [0.15, 0.2) is 0 Å². The molecule has 3 amide bonds. The van der Waals surface area contributed by atoms with Gasteiger partial charge in [0, 0.05) is 41.2 Å². The lowest BCUT2D eigenvalue weighted by Gasteiger charge is -2.17. The summed E-state index contributed by atoms with van der Waals surface area (Å²) in [6.07, 6.45) is 4.06. The van der Waals surface area contributed by atoms with Gasteiger partial charge in [0.15, 0.2) is 0 Å². The molecule has 164 valence electrons. The Bertz CT molecular complexity index is 523. The van der Waals surface area contributed by atoms with E-state index in [1.165, 1.54) is 28.1 Å². The largest absolute Gasteiger partial charge is 0.474 e. The standard InChI is InChI=1S/C17H34N3O7P/c1-14(21)18-11-8-6-10-16(20-15(2)22)17(23)19-12-7-5-9-13-27-28(24,25-3)26-4/h16H,5-13H2,1-4H3,(H,18,21)(H,19,23)(H,20,22). The molecule has 0 aliphatic heterocycles. The first-order valence-corrected chi connectivity index (χ1v) is 10.9. The first-order valence-electron chi connectivity index (χ1n) is 9.39. The summed E-state index contributed by atoms with van der Waals surface area (Å²) in [7, 11) is -0.924. The molecule has 3 N–H and O–H groups in total.